The SMILES string of the molecule is Cc1cc2c(F)c(Oc3ncnn4cc(OC[C@@H](C)OC(=O)[C@H](C)N(C)C)c(C)c34)ccc2[nH]1. The number of fused-ring (bicyclic) bond motifs is 2. The first kappa shape index (κ1) is 23.5. The minimum atomic E-state index is -0.470. The van der Waals surface area contributed by atoms with E-state index >= 15 is 4.39 Å². The van der Waals surface area contributed by atoms with Gasteiger partial charge in [-0.15, -0.1) is 0 Å². The molecule has 0 radical (unpaired) electrons. The topological polar surface area (TPSA) is 94.0 Å². The van der Waals surface area contributed by atoms with Gasteiger partial charge in [0.1, 0.15) is 36.3 Å². The molecule has 4 rings (SSSR count). The van der Waals surface area contributed by atoms with Crippen LogP contribution in [0.4, 0.5) is 4.39 Å². The maximum Gasteiger partial charge on any atom is 0.323 e. The molecule has 0 aliphatic carbocycles. The monoisotopic (exact) mass is 469 g/mol. The molecule has 3 heterocycles. The van der Waals surface area contributed by atoms with Gasteiger partial charge in [-0.05, 0) is 60.0 Å². The molecule has 2 atom stereocenters. The number of nitrogens with zero attached hydrogens (tertiary/aromatic N) is 4. The highest BCUT2D eigenvalue weighted by Crippen LogP contribution is 2.34. The van der Waals surface area contributed by atoms with Crippen LogP contribution < -0.4 is 9.47 Å². The number of esters is 1. The van der Waals surface area contributed by atoms with Gasteiger partial charge in [-0.1, -0.05) is 0 Å². The fourth-order valence-electron chi connectivity index (χ4n) is 3.55. The van der Waals surface area contributed by atoms with Crippen molar-refractivity contribution in [3.05, 3.63) is 47.8 Å². The highest BCUT2D eigenvalue weighted by atomic mass is 19.1. The summed E-state index contributed by atoms with van der Waals surface area (Å²) in [6.45, 7) is 7.40. The van der Waals surface area contributed by atoms with E-state index in [-0.39, 0.29) is 30.2 Å². The van der Waals surface area contributed by atoms with E-state index in [2.05, 4.69) is 15.1 Å². The first-order valence-electron chi connectivity index (χ1n) is 10.9. The number of aromatic nitrogens is 4. The van der Waals surface area contributed by atoms with Gasteiger partial charge in [0, 0.05) is 22.2 Å². The summed E-state index contributed by atoms with van der Waals surface area (Å²) in [5.74, 6) is 0.00358. The van der Waals surface area contributed by atoms with Crippen molar-refractivity contribution in [2.75, 3.05) is 20.7 Å². The van der Waals surface area contributed by atoms with Crippen molar-refractivity contribution >= 4 is 22.4 Å². The molecule has 4 aromatic rings. The largest absolute Gasteiger partial charge is 0.488 e. The molecule has 0 unspecified atom stereocenters. The number of nitrogens with one attached hydrogen (secondary N) is 1. The predicted octanol–water partition coefficient (Wildman–Crippen LogP) is 4.02. The molecule has 180 valence electrons. The Labute approximate surface area is 196 Å². The molecule has 0 aliphatic heterocycles. The highest BCUT2D eigenvalue weighted by Gasteiger charge is 2.21. The first-order chi connectivity index (χ1) is 16.2. The van der Waals surface area contributed by atoms with Crippen LogP contribution >= 0.6 is 0 Å². The van der Waals surface area contributed by atoms with Crippen molar-refractivity contribution in [3.8, 4) is 17.4 Å². The molecule has 0 fully saturated rings. The molecule has 0 bridgehead atoms. The predicted molar refractivity (Wildman–Crippen MR) is 125 cm³/mol. The van der Waals surface area contributed by atoms with Crippen LogP contribution in [-0.2, 0) is 9.53 Å². The number of halogens is 1. The van der Waals surface area contributed by atoms with E-state index in [0.29, 0.717) is 22.2 Å². The summed E-state index contributed by atoms with van der Waals surface area (Å²) >= 11 is 0. The second kappa shape index (κ2) is 9.30. The number of benzene rings is 1. The fraction of sp³-hybridized carbons (Fsp3) is 0.375. The van der Waals surface area contributed by atoms with Crippen LogP contribution in [0.5, 0.6) is 17.4 Å². The molecule has 10 heteroatoms. The molecule has 0 amide bonds. The Hall–Kier alpha value is -3.66. The smallest absolute Gasteiger partial charge is 0.323 e. The van der Waals surface area contributed by atoms with Crippen LogP contribution in [0.3, 0.4) is 0 Å². The van der Waals surface area contributed by atoms with E-state index < -0.39 is 11.9 Å². The number of aryl methyl sites for hydroxylation is 2. The first-order valence-corrected chi connectivity index (χ1v) is 10.9. The maximum atomic E-state index is 15.0. The summed E-state index contributed by atoms with van der Waals surface area (Å²) in [6.07, 6.45) is 2.56. The summed E-state index contributed by atoms with van der Waals surface area (Å²) in [4.78, 5) is 21.2. The third kappa shape index (κ3) is 4.54. The van der Waals surface area contributed by atoms with Gasteiger partial charge in [-0.2, -0.15) is 10.1 Å². The van der Waals surface area contributed by atoms with Crippen molar-refractivity contribution in [1.82, 2.24) is 24.5 Å². The van der Waals surface area contributed by atoms with Crippen molar-refractivity contribution in [3.63, 3.8) is 0 Å². The zero-order valence-electron chi connectivity index (χ0n) is 20.0. The molecule has 0 aliphatic rings. The number of H-pyrrole nitrogens is 1. The van der Waals surface area contributed by atoms with E-state index in [9.17, 15) is 4.79 Å². The quantitative estimate of drug-likeness (QED) is 0.390. The lowest BCUT2D eigenvalue weighted by atomic mass is 10.2. The summed E-state index contributed by atoms with van der Waals surface area (Å²) in [6, 6.07) is 4.70. The van der Waals surface area contributed by atoms with Gasteiger partial charge in [0.15, 0.2) is 11.6 Å². The molecular weight excluding hydrogens is 441 g/mol. The lowest BCUT2D eigenvalue weighted by Crippen LogP contribution is -2.37. The summed E-state index contributed by atoms with van der Waals surface area (Å²) in [5.41, 5.74) is 2.82. The Bertz CT molecular complexity index is 1350. The Morgan fingerprint density at radius 1 is 1.24 bits per heavy atom. The summed E-state index contributed by atoms with van der Waals surface area (Å²) < 4.78 is 33.8. The van der Waals surface area contributed by atoms with Gasteiger partial charge in [0.05, 0.1) is 6.20 Å². The van der Waals surface area contributed by atoms with Gasteiger partial charge in [-0.25, -0.2) is 8.91 Å². The van der Waals surface area contributed by atoms with E-state index in [0.717, 1.165) is 11.3 Å². The van der Waals surface area contributed by atoms with Gasteiger partial charge in [0.25, 0.3) is 0 Å². The van der Waals surface area contributed by atoms with Crippen molar-refractivity contribution in [2.24, 2.45) is 0 Å². The standard InChI is InChI=1S/C24H28FN5O4/c1-13-9-17-18(28-13)7-8-19(21(17)25)34-23-22-15(3)20(10-30(22)27-12-26-23)32-11-14(2)33-24(31)16(4)29(5)6/h7-10,12,14,16,28H,11H2,1-6H3/t14-,16+/m1/s1. The normalized spacial score (nSPS) is 13.4. The molecule has 9 nitrogen and oxygen atoms in total. The Morgan fingerprint density at radius 3 is 2.74 bits per heavy atom. The second-order valence-electron chi connectivity index (χ2n) is 8.57. The number of likely N-dealkylation sites (N-methyl/N-ethyl adjacent to an activating group) is 1. The molecular formula is C24H28FN5O4. The second-order valence-corrected chi connectivity index (χ2v) is 8.57. The fourth-order valence-corrected chi connectivity index (χ4v) is 3.55. The van der Waals surface area contributed by atoms with Gasteiger partial charge >= 0.3 is 5.97 Å². The number of carbonyl (C=O) groups excluding carboxylic acids is 1. The third-order valence-corrected chi connectivity index (χ3v) is 5.70. The molecule has 1 N–H and O–H groups in total. The van der Waals surface area contributed by atoms with Gasteiger partial charge in [-0.3, -0.25) is 9.69 Å². The average molecular weight is 470 g/mol. The van der Waals surface area contributed by atoms with Gasteiger partial charge < -0.3 is 19.2 Å². The maximum absolute atomic E-state index is 15.0. The molecule has 3 aromatic heterocycles. The van der Waals surface area contributed by atoms with Crippen LogP contribution in [0.2, 0.25) is 0 Å². The zero-order chi connectivity index (χ0) is 24.6. The number of rotatable bonds is 8. The summed E-state index contributed by atoms with van der Waals surface area (Å²) in [5, 5.41) is 4.66. The average Bonchev–Trinajstić information content (AvgIpc) is 3.33. The third-order valence-electron chi connectivity index (χ3n) is 5.70. The lowest BCUT2D eigenvalue weighted by Gasteiger charge is -2.21. The van der Waals surface area contributed by atoms with Crippen molar-refractivity contribution in [1.29, 1.82) is 0 Å². The zero-order valence-corrected chi connectivity index (χ0v) is 20.0. The number of hydrogen-bond donors (Lipinski definition) is 1. The van der Waals surface area contributed by atoms with E-state index in [1.165, 1.54) is 6.33 Å². The summed E-state index contributed by atoms with van der Waals surface area (Å²) in [7, 11) is 3.63. The molecule has 34 heavy (non-hydrogen) atoms. The van der Waals surface area contributed by atoms with Crippen LogP contribution in [-0.4, -0.2) is 63.3 Å². The van der Waals surface area contributed by atoms with Gasteiger partial charge in [0.2, 0.25) is 5.88 Å². The molecule has 0 saturated heterocycles. The van der Waals surface area contributed by atoms with Crippen LogP contribution in [0.1, 0.15) is 25.1 Å². The Balaban J connectivity index is 1.54. The van der Waals surface area contributed by atoms with Crippen LogP contribution in [0.15, 0.2) is 30.7 Å². The highest BCUT2D eigenvalue weighted by molar-refractivity contribution is 5.83. The van der Waals surface area contributed by atoms with Crippen LogP contribution in [0.25, 0.3) is 16.4 Å². The number of ether oxygens (including phenoxy) is 3. The van der Waals surface area contributed by atoms with Crippen LogP contribution in [0, 0.1) is 19.7 Å². The molecule has 0 spiro atoms. The minimum absolute atomic E-state index is 0.0608. The van der Waals surface area contributed by atoms with E-state index in [4.69, 9.17) is 14.2 Å². The minimum Gasteiger partial charge on any atom is -0.488 e. The number of hydrogen-bond acceptors (Lipinski definition) is 7. The lowest BCUT2D eigenvalue weighted by molar-refractivity contribution is -0.154. The van der Waals surface area contributed by atoms with E-state index in [1.807, 2.05) is 27.9 Å². The molecule has 0 saturated carbocycles. The number of carbonyl (C=O) groups is 1. The van der Waals surface area contributed by atoms with E-state index in [1.54, 1.807) is 47.7 Å². The Kier molecular flexibility index (Phi) is 6.43. The molecule has 1 aromatic carbocycles. The number of aromatic amines is 1. The Morgan fingerprint density at radius 2 is 2.00 bits per heavy atom. The van der Waals surface area contributed by atoms with Crippen molar-refractivity contribution in [2.45, 2.75) is 39.8 Å². The van der Waals surface area contributed by atoms with Crippen molar-refractivity contribution < 1.29 is 23.4 Å².